The van der Waals surface area contributed by atoms with Crippen molar-refractivity contribution in [3.63, 3.8) is 0 Å². The molecular weight excluding hydrogens is 397 g/mol. The maximum absolute atomic E-state index is 14.3. The zero-order chi connectivity index (χ0) is 22.0. The number of hydrogen-bond acceptors (Lipinski definition) is 3. The van der Waals surface area contributed by atoms with Crippen molar-refractivity contribution in [3.8, 4) is 11.1 Å². The number of nitrogens with one attached hydrogen (secondary N) is 1. The Bertz CT molecular complexity index is 1100. The Hall–Kier alpha value is -3.67. The SMILES string of the molecule is Cc1cccc(C[C@@H](NC(=O)OCC2c3ccccc3-c3ccccc32)C(=O)O)c1F. The first kappa shape index (κ1) is 20.6. The van der Waals surface area contributed by atoms with E-state index in [2.05, 4.69) is 5.32 Å². The van der Waals surface area contributed by atoms with Crippen LogP contribution < -0.4 is 5.32 Å². The molecule has 0 unspecified atom stereocenters. The molecule has 0 heterocycles. The van der Waals surface area contributed by atoms with Crippen LogP contribution in [0.1, 0.15) is 28.2 Å². The maximum Gasteiger partial charge on any atom is 0.407 e. The van der Waals surface area contributed by atoms with E-state index in [4.69, 9.17) is 4.74 Å². The number of carboxylic acid groups (broad SMARTS) is 1. The number of fused-ring (bicyclic) bond motifs is 3. The lowest BCUT2D eigenvalue weighted by Crippen LogP contribution is -2.43. The van der Waals surface area contributed by atoms with Crippen molar-refractivity contribution in [2.45, 2.75) is 25.3 Å². The van der Waals surface area contributed by atoms with Gasteiger partial charge in [-0.3, -0.25) is 0 Å². The molecule has 1 aliphatic rings. The van der Waals surface area contributed by atoms with E-state index in [9.17, 15) is 19.1 Å². The number of alkyl carbamates (subject to hydrolysis) is 1. The number of ether oxygens (including phenoxy) is 1. The molecule has 0 spiro atoms. The standard InChI is InChI=1S/C25H22FNO4/c1-15-7-6-8-16(23(15)26)13-22(24(28)29)27-25(30)31-14-21-19-11-4-2-9-17(19)18-10-3-5-12-20(18)21/h2-12,21-22H,13-14H2,1H3,(H,27,30)(H,28,29)/t22-/m1/s1. The van der Waals surface area contributed by atoms with Crippen molar-refractivity contribution in [2.75, 3.05) is 6.61 Å². The minimum atomic E-state index is -1.30. The van der Waals surface area contributed by atoms with E-state index in [0.717, 1.165) is 22.3 Å². The average Bonchev–Trinajstić information content (AvgIpc) is 3.08. The van der Waals surface area contributed by atoms with E-state index in [1.807, 2.05) is 48.5 Å². The second kappa shape index (κ2) is 8.60. The highest BCUT2D eigenvalue weighted by atomic mass is 19.1. The van der Waals surface area contributed by atoms with Gasteiger partial charge in [0.25, 0.3) is 0 Å². The summed E-state index contributed by atoms with van der Waals surface area (Å²) in [5.74, 6) is -1.85. The average molecular weight is 419 g/mol. The number of amides is 1. The predicted molar refractivity (Wildman–Crippen MR) is 114 cm³/mol. The molecule has 0 saturated heterocycles. The van der Waals surface area contributed by atoms with Crippen LogP contribution >= 0.6 is 0 Å². The van der Waals surface area contributed by atoms with Gasteiger partial charge >= 0.3 is 12.1 Å². The first-order valence-corrected chi connectivity index (χ1v) is 10.0. The normalized spacial score (nSPS) is 13.2. The first-order valence-electron chi connectivity index (χ1n) is 10.0. The summed E-state index contributed by atoms with van der Waals surface area (Å²) in [4.78, 5) is 24.0. The van der Waals surface area contributed by atoms with Crippen molar-refractivity contribution in [3.05, 3.63) is 94.8 Å². The number of halogens is 1. The highest BCUT2D eigenvalue weighted by Gasteiger charge is 2.30. The van der Waals surface area contributed by atoms with Gasteiger partial charge in [-0.05, 0) is 40.3 Å². The van der Waals surface area contributed by atoms with E-state index in [-0.39, 0.29) is 24.5 Å². The monoisotopic (exact) mass is 419 g/mol. The predicted octanol–water partition coefficient (Wildman–Crippen LogP) is 4.67. The Balaban J connectivity index is 1.45. The van der Waals surface area contributed by atoms with E-state index < -0.39 is 23.9 Å². The molecule has 2 N–H and O–H groups in total. The summed E-state index contributed by atoms with van der Waals surface area (Å²) in [5.41, 5.74) is 4.98. The van der Waals surface area contributed by atoms with Crippen LogP contribution in [0.2, 0.25) is 0 Å². The number of rotatable bonds is 6. The molecule has 5 nitrogen and oxygen atoms in total. The summed E-state index contributed by atoms with van der Waals surface area (Å²) < 4.78 is 19.7. The molecular formula is C25H22FNO4. The summed E-state index contributed by atoms with van der Waals surface area (Å²) in [6.45, 7) is 1.68. The molecule has 4 rings (SSSR count). The number of aryl methyl sites for hydroxylation is 1. The zero-order valence-corrected chi connectivity index (χ0v) is 17.0. The molecule has 0 radical (unpaired) electrons. The second-order valence-corrected chi connectivity index (χ2v) is 7.61. The third-order valence-corrected chi connectivity index (χ3v) is 5.63. The number of hydrogen-bond donors (Lipinski definition) is 2. The molecule has 0 saturated carbocycles. The smallest absolute Gasteiger partial charge is 0.407 e. The van der Waals surface area contributed by atoms with Gasteiger partial charge in [0, 0.05) is 12.3 Å². The van der Waals surface area contributed by atoms with Crippen LogP contribution in [-0.2, 0) is 16.0 Å². The summed E-state index contributed by atoms with van der Waals surface area (Å²) in [5, 5.41) is 11.8. The van der Waals surface area contributed by atoms with E-state index in [1.54, 1.807) is 19.1 Å². The Kier molecular flexibility index (Phi) is 5.71. The van der Waals surface area contributed by atoms with Gasteiger partial charge in [0.1, 0.15) is 18.5 Å². The van der Waals surface area contributed by atoms with Gasteiger partial charge in [0.2, 0.25) is 0 Å². The van der Waals surface area contributed by atoms with Crippen LogP contribution in [0.15, 0.2) is 66.7 Å². The first-order chi connectivity index (χ1) is 15.0. The highest BCUT2D eigenvalue weighted by Crippen LogP contribution is 2.44. The van der Waals surface area contributed by atoms with Crippen LogP contribution in [0.5, 0.6) is 0 Å². The highest BCUT2D eigenvalue weighted by molar-refractivity contribution is 5.81. The molecule has 0 fully saturated rings. The fourth-order valence-corrected chi connectivity index (χ4v) is 4.07. The van der Waals surface area contributed by atoms with Crippen LogP contribution in [0.3, 0.4) is 0 Å². The van der Waals surface area contributed by atoms with Crippen molar-refractivity contribution in [2.24, 2.45) is 0 Å². The molecule has 3 aromatic rings. The molecule has 1 atom stereocenters. The summed E-state index contributed by atoms with van der Waals surface area (Å²) in [7, 11) is 0. The quantitative estimate of drug-likeness (QED) is 0.609. The molecule has 31 heavy (non-hydrogen) atoms. The third kappa shape index (κ3) is 4.14. The van der Waals surface area contributed by atoms with Crippen LogP contribution in [0, 0.1) is 12.7 Å². The van der Waals surface area contributed by atoms with Crippen molar-refractivity contribution >= 4 is 12.1 Å². The zero-order valence-electron chi connectivity index (χ0n) is 17.0. The van der Waals surface area contributed by atoms with Gasteiger partial charge in [-0.1, -0.05) is 66.7 Å². The van der Waals surface area contributed by atoms with E-state index in [0.29, 0.717) is 5.56 Å². The Morgan fingerprint density at radius 2 is 1.61 bits per heavy atom. The molecule has 0 bridgehead atoms. The van der Waals surface area contributed by atoms with Gasteiger partial charge in [-0.2, -0.15) is 0 Å². The molecule has 6 heteroatoms. The Morgan fingerprint density at radius 3 is 2.23 bits per heavy atom. The fraction of sp³-hybridized carbons (Fsp3) is 0.200. The number of carbonyl (C=O) groups excluding carboxylic acids is 1. The lowest BCUT2D eigenvalue weighted by molar-refractivity contribution is -0.139. The topological polar surface area (TPSA) is 75.6 Å². The van der Waals surface area contributed by atoms with Gasteiger partial charge in [-0.25, -0.2) is 14.0 Å². The van der Waals surface area contributed by atoms with Gasteiger partial charge < -0.3 is 15.2 Å². The largest absolute Gasteiger partial charge is 0.480 e. The van der Waals surface area contributed by atoms with Crippen LogP contribution in [-0.4, -0.2) is 29.8 Å². The molecule has 3 aromatic carbocycles. The minimum Gasteiger partial charge on any atom is -0.480 e. The van der Waals surface area contributed by atoms with Crippen molar-refractivity contribution in [1.82, 2.24) is 5.32 Å². The van der Waals surface area contributed by atoms with Crippen LogP contribution in [0.25, 0.3) is 11.1 Å². The summed E-state index contributed by atoms with van der Waals surface area (Å²) in [6.07, 6.45) is -1.02. The third-order valence-electron chi connectivity index (χ3n) is 5.63. The summed E-state index contributed by atoms with van der Waals surface area (Å²) >= 11 is 0. The van der Waals surface area contributed by atoms with Crippen molar-refractivity contribution < 1.29 is 23.8 Å². The minimum absolute atomic E-state index is 0.0744. The second-order valence-electron chi connectivity index (χ2n) is 7.61. The molecule has 0 aromatic heterocycles. The van der Waals surface area contributed by atoms with E-state index >= 15 is 0 Å². The number of carbonyl (C=O) groups is 2. The van der Waals surface area contributed by atoms with Gasteiger partial charge in [0.05, 0.1) is 0 Å². The lowest BCUT2D eigenvalue weighted by Gasteiger charge is -2.18. The molecule has 1 amide bonds. The molecule has 0 aliphatic heterocycles. The van der Waals surface area contributed by atoms with Crippen molar-refractivity contribution in [1.29, 1.82) is 0 Å². The van der Waals surface area contributed by atoms with Gasteiger partial charge in [0.15, 0.2) is 0 Å². The Morgan fingerprint density at radius 1 is 1.00 bits per heavy atom. The molecule has 1 aliphatic carbocycles. The summed E-state index contributed by atoms with van der Waals surface area (Å²) in [6, 6.07) is 19.3. The number of aliphatic carboxylic acids is 1. The Labute approximate surface area is 179 Å². The van der Waals surface area contributed by atoms with Crippen LogP contribution in [0.4, 0.5) is 9.18 Å². The fourth-order valence-electron chi connectivity index (χ4n) is 4.07. The lowest BCUT2D eigenvalue weighted by atomic mass is 9.98. The van der Waals surface area contributed by atoms with Gasteiger partial charge in [-0.15, -0.1) is 0 Å². The maximum atomic E-state index is 14.3. The number of carboxylic acids is 1. The molecule has 158 valence electrons. The number of benzene rings is 3. The van der Waals surface area contributed by atoms with E-state index in [1.165, 1.54) is 6.07 Å².